The first-order valence-electron chi connectivity index (χ1n) is 7.15. The second-order valence-corrected chi connectivity index (χ2v) is 7.39. The van der Waals surface area contributed by atoms with E-state index in [1.807, 2.05) is 13.0 Å². The first-order valence-corrected chi connectivity index (χ1v) is 8.75. The average molecular weight is 391 g/mol. The van der Waals surface area contributed by atoms with Crippen LogP contribution in [0.25, 0.3) is 6.08 Å². The summed E-state index contributed by atoms with van der Waals surface area (Å²) >= 11 is 12.6. The smallest absolute Gasteiger partial charge is 0.268 e. The third-order valence-corrected chi connectivity index (χ3v) is 5.30. The maximum Gasteiger partial charge on any atom is 0.270 e. The maximum atomic E-state index is 12.7. The molecule has 2 aromatic rings. The van der Waals surface area contributed by atoms with Crippen LogP contribution in [0.5, 0.6) is 0 Å². The van der Waals surface area contributed by atoms with Crippen molar-refractivity contribution in [1.29, 1.82) is 0 Å². The topological polar surface area (TPSA) is 63.5 Å². The molecule has 0 aliphatic carbocycles. The summed E-state index contributed by atoms with van der Waals surface area (Å²) in [7, 11) is 0. The lowest BCUT2D eigenvalue weighted by Crippen LogP contribution is -2.27. The van der Waals surface area contributed by atoms with Crippen LogP contribution in [0.1, 0.15) is 11.1 Å². The monoisotopic (exact) mass is 390 g/mol. The fraction of sp³-hybridized carbons (Fsp3) is 0.0588. The summed E-state index contributed by atoms with van der Waals surface area (Å²) in [6, 6.07) is 11.4. The van der Waals surface area contributed by atoms with E-state index in [0.29, 0.717) is 25.5 Å². The van der Waals surface area contributed by atoms with Crippen LogP contribution in [0, 0.1) is 17.0 Å². The summed E-state index contributed by atoms with van der Waals surface area (Å²) < 4.78 is 0.390. The molecule has 25 heavy (non-hydrogen) atoms. The fourth-order valence-electron chi connectivity index (χ4n) is 2.29. The van der Waals surface area contributed by atoms with E-state index in [9.17, 15) is 14.9 Å². The van der Waals surface area contributed by atoms with Gasteiger partial charge in [-0.1, -0.05) is 53.8 Å². The summed E-state index contributed by atoms with van der Waals surface area (Å²) in [6.07, 6.45) is 1.60. The van der Waals surface area contributed by atoms with E-state index in [-0.39, 0.29) is 11.6 Å². The molecule has 1 amide bonds. The van der Waals surface area contributed by atoms with Crippen molar-refractivity contribution in [1.82, 2.24) is 0 Å². The van der Waals surface area contributed by atoms with Crippen molar-refractivity contribution in [2.24, 2.45) is 0 Å². The van der Waals surface area contributed by atoms with Gasteiger partial charge in [0.05, 0.1) is 15.5 Å². The first-order chi connectivity index (χ1) is 11.9. The van der Waals surface area contributed by atoms with Crippen LogP contribution in [0.4, 0.5) is 11.4 Å². The normalized spacial score (nSPS) is 15.9. The number of halogens is 1. The Kier molecular flexibility index (Phi) is 4.89. The van der Waals surface area contributed by atoms with Crippen molar-refractivity contribution in [3.63, 3.8) is 0 Å². The van der Waals surface area contributed by atoms with E-state index in [2.05, 4.69) is 0 Å². The summed E-state index contributed by atoms with van der Waals surface area (Å²) in [5.74, 6) is -0.276. The van der Waals surface area contributed by atoms with Gasteiger partial charge in [-0.05, 0) is 36.3 Å². The van der Waals surface area contributed by atoms with Gasteiger partial charge in [0.25, 0.3) is 11.6 Å². The molecule has 5 nitrogen and oxygen atoms in total. The Morgan fingerprint density at radius 3 is 2.72 bits per heavy atom. The second-order valence-electron chi connectivity index (χ2n) is 5.30. The van der Waals surface area contributed by atoms with Crippen LogP contribution in [-0.2, 0) is 4.79 Å². The summed E-state index contributed by atoms with van der Waals surface area (Å²) in [5.41, 5.74) is 2.04. The zero-order valence-electron chi connectivity index (χ0n) is 12.9. The molecule has 1 heterocycles. The molecule has 2 aromatic carbocycles. The van der Waals surface area contributed by atoms with E-state index in [1.165, 1.54) is 17.0 Å². The quantitative estimate of drug-likeness (QED) is 0.320. The number of nitrogens with zero attached hydrogens (tertiary/aromatic N) is 2. The second kappa shape index (κ2) is 6.95. The molecular formula is C17H11ClN2O3S2. The number of non-ortho nitro benzene ring substituents is 1. The van der Waals surface area contributed by atoms with E-state index in [1.54, 1.807) is 30.3 Å². The zero-order chi connectivity index (χ0) is 18.1. The SMILES string of the molecule is Cc1ccc(N2C(=O)/C(=C/c3cccc([N+](=O)[O-])c3)SC2=S)cc1Cl. The molecule has 8 heteroatoms. The van der Waals surface area contributed by atoms with Gasteiger partial charge in [-0.3, -0.25) is 19.8 Å². The van der Waals surface area contributed by atoms with Crippen LogP contribution in [0.15, 0.2) is 47.4 Å². The number of amides is 1. The number of carbonyl (C=O) groups excluding carboxylic acids is 1. The van der Waals surface area contributed by atoms with Crippen molar-refractivity contribution >= 4 is 63.3 Å². The minimum Gasteiger partial charge on any atom is -0.268 e. The number of thioether (sulfide) groups is 1. The summed E-state index contributed by atoms with van der Waals surface area (Å²) in [6.45, 7) is 1.87. The Bertz CT molecular complexity index is 943. The Balaban J connectivity index is 1.94. The van der Waals surface area contributed by atoms with Gasteiger partial charge in [0.2, 0.25) is 0 Å². The zero-order valence-corrected chi connectivity index (χ0v) is 15.3. The minimum absolute atomic E-state index is 0.0328. The molecule has 1 aliphatic heterocycles. The van der Waals surface area contributed by atoms with E-state index < -0.39 is 4.92 Å². The van der Waals surface area contributed by atoms with E-state index >= 15 is 0 Å². The number of carbonyl (C=O) groups is 1. The number of nitro benzene ring substituents is 1. The highest BCUT2D eigenvalue weighted by Crippen LogP contribution is 2.37. The largest absolute Gasteiger partial charge is 0.270 e. The van der Waals surface area contributed by atoms with Crippen molar-refractivity contribution < 1.29 is 9.72 Å². The number of hydrogen-bond donors (Lipinski definition) is 0. The highest BCUT2D eigenvalue weighted by Gasteiger charge is 2.33. The number of hydrogen-bond acceptors (Lipinski definition) is 5. The highest BCUT2D eigenvalue weighted by atomic mass is 35.5. The van der Waals surface area contributed by atoms with Crippen molar-refractivity contribution in [3.8, 4) is 0 Å². The molecule has 0 atom stereocenters. The van der Waals surface area contributed by atoms with Crippen molar-refractivity contribution in [2.45, 2.75) is 6.92 Å². The Morgan fingerprint density at radius 1 is 1.28 bits per heavy atom. The van der Waals surface area contributed by atoms with Gasteiger partial charge in [-0.2, -0.15) is 0 Å². The predicted octanol–water partition coefficient (Wildman–Crippen LogP) is 4.96. The number of aryl methyl sites for hydroxylation is 1. The lowest BCUT2D eigenvalue weighted by Gasteiger charge is -2.15. The molecule has 126 valence electrons. The molecular weight excluding hydrogens is 380 g/mol. The Labute approximate surface area is 158 Å². The first kappa shape index (κ1) is 17.6. The maximum absolute atomic E-state index is 12.7. The molecule has 0 spiro atoms. The molecule has 0 bridgehead atoms. The number of rotatable bonds is 3. The van der Waals surface area contributed by atoms with Gasteiger partial charge in [0.15, 0.2) is 4.32 Å². The van der Waals surface area contributed by atoms with Gasteiger partial charge in [-0.25, -0.2) is 0 Å². The standard InChI is InChI=1S/C17H11ClN2O3S2/c1-10-5-6-12(9-14(10)18)19-16(21)15(25-17(19)24)8-11-3-2-4-13(7-11)20(22)23/h2-9H,1H3/b15-8-. The molecule has 1 aliphatic rings. The van der Waals surface area contributed by atoms with Gasteiger partial charge in [-0.15, -0.1) is 0 Å². The molecule has 1 fully saturated rings. The van der Waals surface area contributed by atoms with Gasteiger partial charge in [0, 0.05) is 17.2 Å². The van der Waals surface area contributed by atoms with Crippen LogP contribution in [0.3, 0.4) is 0 Å². The number of thiocarbonyl (C=S) groups is 1. The molecule has 0 aromatic heterocycles. The van der Waals surface area contributed by atoms with Crippen molar-refractivity contribution in [3.05, 3.63) is 73.6 Å². The van der Waals surface area contributed by atoms with Crippen LogP contribution in [-0.4, -0.2) is 15.2 Å². The lowest BCUT2D eigenvalue weighted by atomic mass is 10.2. The third-order valence-electron chi connectivity index (χ3n) is 3.59. The highest BCUT2D eigenvalue weighted by molar-refractivity contribution is 8.27. The molecule has 3 rings (SSSR count). The van der Waals surface area contributed by atoms with E-state index in [0.717, 1.165) is 17.3 Å². The summed E-state index contributed by atoms with van der Waals surface area (Å²) in [4.78, 5) is 24.9. The number of benzene rings is 2. The number of nitro groups is 1. The molecule has 1 saturated heterocycles. The van der Waals surface area contributed by atoms with Gasteiger partial charge >= 0.3 is 0 Å². The van der Waals surface area contributed by atoms with Crippen LogP contribution < -0.4 is 4.90 Å². The van der Waals surface area contributed by atoms with E-state index in [4.69, 9.17) is 23.8 Å². The number of anilines is 1. The molecule has 0 radical (unpaired) electrons. The van der Waals surface area contributed by atoms with Crippen molar-refractivity contribution in [2.75, 3.05) is 4.90 Å². The summed E-state index contributed by atoms with van der Waals surface area (Å²) in [5, 5.41) is 11.4. The van der Waals surface area contributed by atoms with Gasteiger partial charge in [0.1, 0.15) is 0 Å². The average Bonchev–Trinajstić information content (AvgIpc) is 2.84. The minimum atomic E-state index is -0.475. The Morgan fingerprint density at radius 2 is 2.04 bits per heavy atom. The molecule has 0 unspecified atom stereocenters. The molecule has 0 N–H and O–H groups in total. The lowest BCUT2D eigenvalue weighted by molar-refractivity contribution is -0.384. The fourth-order valence-corrected chi connectivity index (χ4v) is 3.76. The van der Waals surface area contributed by atoms with Gasteiger partial charge < -0.3 is 0 Å². The Hall–Kier alpha value is -2.22. The van der Waals surface area contributed by atoms with Crippen LogP contribution in [0.2, 0.25) is 5.02 Å². The molecule has 0 saturated carbocycles. The van der Waals surface area contributed by atoms with Crippen LogP contribution >= 0.6 is 35.6 Å². The predicted molar refractivity (Wildman–Crippen MR) is 105 cm³/mol. The third kappa shape index (κ3) is 3.58.